The molecule has 8 heteroatoms. The second kappa shape index (κ2) is 6.53. The standard InChI is InChI=1S/C18H16FN3O3S/c19-16-7-2-1-4-15(16)11-26(23,24)22-18-21-20-17(25-18)14-9-8-12-5-3-6-13(12)10-14/h1-2,4,7-10H,3,5-6,11H2,(H,21,22). The van der Waals surface area contributed by atoms with E-state index in [9.17, 15) is 12.8 Å². The predicted octanol–water partition coefficient (Wildman–Crippen LogP) is 3.31. The molecule has 0 fully saturated rings. The van der Waals surface area contributed by atoms with Crippen molar-refractivity contribution in [1.82, 2.24) is 10.2 Å². The van der Waals surface area contributed by atoms with Crippen molar-refractivity contribution in [1.29, 1.82) is 0 Å². The van der Waals surface area contributed by atoms with Crippen LogP contribution in [0.25, 0.3) is 11.5 Å². The van der Waals surface area contributed by atoms with Crippen LogP contribution in [0.5, 0.6) is 0 Å². The smallest absolute Gasteiger partial charge is 0.329 e. The maximum absolute atomic E-state index is 13.6. The Hall–Kier alpha value is -2.74. The van der Waals surface area contributed by atoms with Crippen molar-refractivity contribution in [3.05, 3.63) is 65.0 Å². The van der Waals surface area contributed by atoms with E-state index in [1.165, 1.54) is 29.3 Å². The minimum atomic E-state index is -3.87. The molecule has 1 aliphatic rings. The van der Waals surface area contributed by atoms with Crippen LogP contribution >= 0.6 is 0 Å². The Morgan fingerprint density at radius 1 is 1.08 bits per heavy atom. The molecule has 1 aromatic heterocycles. The van der Waals surface area contributed by atoms with Gasteiger partial charge in [0.1, 0.15) is 5.82 Å². The fraction of sp³-hybridized carbons (Fsp3) is 0.222. The monoisotopic (exact) mass is 373 g/mol. The van der Waals surface area contributed by atoms with Gasteiger partial charge in [-0.2, -0.15) is 0 Å². The number of rotatable bonds is 5. The predicted molar refractivity (Wildman–Crippen MR) is 94.4 cm³/mol. The van der Waals surface area contributed by atoms with Gasteiger partial charge in [-0.25, -0.2) is 17.5 Å². The molecule has 0 amide bonds. The summed E-state index contributed by atoms with van der Waals surface area (Å²) in [6.07, 6.45) is 3.21. The summed E-state index contributed by atoms with van der Waals surface area (Å²) < 4.78 is 45.7. The largest absolute Gasteiger partial charge is 0.403 e. The van der Waals surface area contributed by atoms with E-state index < -0.39 is 21.6 Å². The summed E-state index contributed by atoms with van der Waals surface area (Å²) in [5, 5.41) is 7.64. The third kappa shape index (κ3) is 3.45. The van der Waals surface area contributed by atoms with Gasteiger partial charge in [0.2, 0.25) is 15.9 Å². The highest BCUT2D eigenvalue weighted by Gasteiger charge is 2.19. The number of aryl methyl sites for hydroxylation is 2. The third-order valence-electron chi connectivity index (χ3n) is 4.32. The highest BCUT2D eigenvalue weighted by atomic mass is 32.2. The lowest BCUT2D eigenvalue weighted by atomic mass is 10.1. The summed E-state index contributed by atoms with van der Waals surface area (Å²) >= 11 is 0. The lowest BCUT2D eigenvalue weighted by Crippen LogP contribution is -2.16. The van der Waals surface area contributed by atoms with E-state index in [1.807, 2.05) is 18.2 Å². The van der Waals surface area contributed by atoms with Gasteiger partial charge in [-0.05, 0) is 48.6 Å². The van der Waals surface area contributed by atoms with Crippen molar-refractivity contribution in [3.63, 3.8) is 0 Å². The summed E-state index contributed by atoms with van der Waals surface area (Å²) in [6.45, 7) is 0. The van der Waals surface area contributed by atoms with E-state index in [4.69, 9.17) is 4.42 Å². The van der Waals surface area contributed by atoms with Crippen LogP contribution in [0.2, 0.25) is 0 Å². The average molecular weight is 373 g/mol. The molecule has 4 rings (SSSR count). The maximum atomic E-state index is 13.6. The zero-order valence-corrected chi connectivity index (χ0v) is 14.6. The first-order chi connectivity index (χ1) is 12.5. The summed E-state index contributed by atoms with van der Waals surface area (Å²) in [4.78, 5) is 0. The maximum Gasteiger partial charge on any atom is 0.329 e. The SMILES string of the molecule is O=S(=O)(Cc1ccccc1F)Nc1nnc(-c2ccc3c(c2)CCC3)o1. The van der Waals surface area contributed by atoms with E-state index in [1.54, 1.807) is 6.07 Å². The minimum absolute atomic E-state index is 0.0679. The van der Waals surface area contributed by atoms with E-state index in [0.717, 1.165) is 24.8 Å². The van der Waals surface area contributed by atoms with E-state index >= 15 is 0 Å². The first kappa shape index (κ1) is 16.7. The molecule has 0 saturated carbocycles. The summed E-state index contributed by atoms with van der Waals surface area (Å²) in [6, 6.07) is 11.4. The Balaban J connectivity index is 1.52. The third-order valence-corrected chi connectivity index (χ3v) is 5.49. The quantitative estimate of drug-likeness (QED) is 0.742. The fourth-order valence-electron chi connectivity index (χ4n) is 3.08. The number of nitrogens with zero attached hydrogens (tertiary/aromatic N) is 2. The minimum Gasteiger partial charge on any atom is -0.403 e. The molecule has 26 heavy (non-hydrogen) atoms. The highest BCUT2D eigenvalue weighted by Crippen LogP contribution is 2.28. The van der Waals surface area contributed by atoms with Crippen LogP contribution in [0.15, 0.2) is 46.9 Å². The van der Waals surface area contributed by atoms with E-state index in [-0.39, 0.29) is 17.5 Å². The van der Waals surface area contributed by atoms with Crippen LogP contribution in [0.1, 0.15) is 23.1 Å². The Morgan fingerprint density at radius 3 is 2.73 bits per heavy atom. The fourth-order valence-corrected chi connectivity index (χ4v) is 4.14. The molecule has 0 radical (unpaired) electrons. The number of halogens is 1. The Labute approximate surface area is 150 Å². The van der Waals surface area contributed by atoms with Gasteiger partial charge < -0.3 is 4.42 Å². The molecule has 3 aromatic rings. The molecule has 0 unspecified atom stereocenters. The zero-order chi connectivity index (χ0) is 18.1. The van der Waals surface area contributed by atoms with Crippen LogP contribution in [0, 0.1) is 5.82 Å². The Bertz CT molecular complexity index is 1060. The van der Waals surface area contributed by atoms with Crippen molar-refractivity contribution in [3.8, 4) is 11.5 Å². The number of fused-ring (bicyclic) bond motifs is 1. The van der Waals surface area contributed by atoms with Crippen LogP contribution < -0.4 is 4.72 Å². The van der Waals surface area contributed by atoms with Gasteiger partial charge in [-0.3, -0.25) is 0 Å². The summed E-state index contributed by atoms with van der Waals surface area (Å²) in [5.74, 6) is -0.860. The molecule has 0 aliphatic heterocycles. The molecule has 6 nitrogen and oxygen atoms in total. The first-order valence-corrected chi connectivity index (χ1v) is 9.85. The Kier molecular flexibility index (Phi) is 4.20. The molecule has 1 aliphatic carbocycles. The van der Waals surface area contributed by atoms with Gasteiger partial charge >= 0.3 is 6.01 Å². The van der Waals surface area contributed by atoms with Gasteiger partial charge in [-0.15, -0.1) is 5.10 Å². The van der Waals surface area contributed by atoms with Crippen molar-refractivity contribution in [2.45, 2.75) is 25.0 Å². The van der Waals surface area contributed by atoms with Crippen LogP contribution in [-0.4, -0.2) is 18.6 Å². The van der Waals surface area contributed by atoms with Crippen molar-refractivity contribution < 1.29 is 17.2 Å². The molecule has 0 saturated heterocycles. The molecular weight excluding hydrogens is 357 g/mol. The average Bonchev–Trinajstić information content (AvgIpc) is 3.24. The highest BCUT2D eigenvalue weighted by molar-refractivity contribution is 7.91. The number of benzene rings is 2. The van der Waals surface area contributed by atoms with Crippen LogP contribution in [0.3, 0.4) is 0 Å². The molecular formula is C18H16FN3O3S. The van der Waals surface area contributed by atoms with E-state index in [2.05, 4.69) is 14.9 Å². The number of hydrogen-bond acceptors (Lipinski definition) is 5. The number of aromatic nitrogens is 2. The lowest BCUT2D eigenvalue weighted by Gasteiger charge is -2.05. The van der Waals surface area contributed by atoms with Crippen molar-refractivity contribution in [2.24, 2.45) is 0 Å². The number of hydrogen-bond donors (Lipinski definition) is 1. The normalized spacial score (nSPS) is 13.6. The summed E-state index contributed by atoms with van der Waals surface area (Å²) in [7, 11) is -3.87. The van der Waals surface area contributed by atoms with Gasteiger partial charge in [0.05, 0.1) is 5.75 Å². The molecule has 0 bridgehead atoms. The second-order valence-electron chi connectivity index (χ2n) is 6.20. The molecule has 2 aromatic carbocycles. The number of sulfonamides is 1. The first-order valence-electron chi connectivity index (χ1n) is 8.20. The van der Waals surface area contributed by atoms with Crippen LogP contribution in [-0.2, 0) is 28.6 Å². The molecule has 1 N–H and O–H groups in total. The van der Waals surface area contributed by atoms with Gasteiger partial charge in [0.25, 0.3) is 0 Å². The van der Waals surface area contributed by atoms with Crippen LogP contribution in [0.4, 0.5) is 10.4 Å². The molecule has 0 atom stereocenters. The van der Waals surface area contributed by atoms with Crippen molar-refractivity contribution in [2.75, 3.05) is 4.72 Å². The molecule has 134 valence electrons. The summed E-state index contributed by atoms with van der Waals surface area (Å²) in [5.41, 5.74) is 3.39. The Morgan fingerprint density at radius 2 is 1.88 bits per heavy atom. The van der Waals surface area contributed by atoms with Gasteiger partial charge in [0.15, 0.2) is 0 Å². The van der Waals surface area contributed by atoms with Gasteiger partial charge in [0, 0.05) is 11.1 Å². The molecule has 0 spiro atoms. The molecule has 1 heterocycles. The van der Waals surface area contributed by atoms with Gasteiger partial charge in [-0.1, -0.05) is 29.4 Å². The van der Waals surface area contributed by atoms with E-state index in [0.29, 0.717) is 0 Å². The second-order valence-corrected chi connectivity index (χ2v) is 7.92. The lowest BCUT2D eigenvalue weighted by molar-refractivity contribution is 0.574. The zero-order valence-electron chi connectivity index (χ0n) is 13.8. The number of nitrogens with one attached hydrogen (secondary N) is 1. The topological polar surface area (TPSA) is 85.1 Å². The van der Waals surface area contributed by atoms with Crippen molar-refractivity contribution >= 4 is 16.0 Å². The number of anilines is 1.